The lowest BCUT2D eigenvalue weighted by atomic mass is 10.1. The van der Waals surface area contributed by atoms with Gasteiger partial charge in [-0.25, -0.2) is 4.79 Å². The van der Waals surface area contributed by atoms with Gasteiger partial charge in [0.25, 0.3) is 0 Å². The highest BCUT2D eigenvalue weighted by Gasteiger charge is 2.12. The summed E-state index contributed by atoms with van der Waals surface area (Å²) < 4.78 is 4.85. The molecule has 0 heterocycles. The van der Waals surface area contributed by atoms with Gasteiger partial charge in [-0.15, -0.1) is 0 Å². The molecule has 2 N–H and O–H groups in total. The Bertz CT molecular complexity index is 450. The number of benzene rings is 1. The molecular formula is C13H16ClNO4. The molecule has 5 nitrogen and oxygen atoms in total. The van der Waals surface area contributed by atoms with E-state index >= 15 is 0 Å². The standard InChI is InChI=1S/C13H16ClNO4/c1-9(13(17)18)19-8-12(16)15-6-5-10-3-2-4-11(14)7-10/h2-4,7,9H,5-6,8H2,1H3,(H,15,16)(H,17,18)/t9-/m0/s1. The number of carbonyl (C=O) groups excluding carboxylic acids is 1. The van der Waals surface area contributed by atoms with Gasteiger partial charge in [-0.05, 0) is 31.0 Å². The minimum absolute atomic E-state index is 0.261. The monoisotopic (exact) mass is 285 g/mol. The molecule has 0 aliphatic heterocycles. The number of nitrogens with one attached hydrogen (secondary N) is 1. The summed E-state index contributed by atoms with van der Waals surface area (Å²) in [6, 6.07) is 7.37. The van der Waals surface area contributed by atoms with Crippen LogP contribution in [0, 0.1) is 0 Å². The highest BCUT2D eigenvalue weighted by molar-refractivity contribution is 6.30. The van der Waals surface area contributed by atoms with Crippen molar-refractivity contribution in [3.63, 3.8) is 0 Å². The van der Waals surface area contributed by atoms with Crippen molar-refractivity contribution in [1.82, 2.24) is 5.32 Å². The van der Waals surface area contributed by atoms with Gasteiger partial charge in [-0.2, -0.15) is 0 Å². The zero-order valence-corrected chi connectivity index (χ0v) is 11.3. The number of halogens is 1. The van der Waals surface area contributed by atoms with E-state index in [9.17, 15) is 9.59 Å². The summed E-state index contributed by atoms with van der Waals surface area (Å²) in [6.45, 7) is 1.56. The van der Waals surface area contributed by atoms with Crippen molar-refractivity contribution < 1.29 is 19.4 Å². The van der Waals surface area contributed by atoms with Crippen LogP contribution in [0.5, 0.6) is 0 Å². The average Bonchev–Trinajstić information content (AvgIpc) is 2.36. The van der Waals surface area contributed by atoms with Crippen molar-refractivity contribution in [3.05, 3.63) is 34.9 Å². The van der Waals surface area contributed by atoms with Crippen molar-refractivity contribution in [2.45, 2.75) is 19.4 Å². The predicted octanol–water partition coefficient (Wildman–Crippen LogP) is 1.49. The summed E-state index contributed by atoms with van der Waals surface area (Å²) in [6.07, 6.45) is -0.334. The van der Waals surface area contributed by atoms with Crippen LogP contribution in [0.1, 0.15) is 12.5 Å². The van der Waals surface area contributed by atoms with E-state index in [-0.39, 0.29) is 12.5 Å². The van der Waals surface area contributed by atoms with E-state index in [1.165, 1.54) is 6.92 Å². The number of hydrogen-bond acceptors (Lipinski definition) is 3. The van der Waals surface area contributed by atoms with E-state index in [2.05, 4.69) is 5.32 Å². The van der Waals surface area contributed by atoms with Crippen LogP contribution in [0.25, 0.3) is 0 Å². The SMILES string of the molecule is C[C@H](OCC(=O)NCCc1cccc(Cl)c1)C(=O)O. The summed E-state index contributed by atoms with van der Waals surface area (Å²) in [5, 5.41) is 11.9. The molecule has 0 saturated heterocycles. The van der Waals surface area contributed by atoms with Crippen LogP contribution in [0.2, 0.25) is 5.02 Å². The fourth-order valence-electron chi connectivity index (χ4n) is 1.36. The van der Waals surface area contributed by atoms with Gasteiger partial charge in [0, 0.05) is 11.6 Å². The molecule has 0 aliphatic carbocycles. The number of carboxylic acids is 1. The Kier molecular flexibility index (Phi) is 6.32. The van der Waals surface area contributed by atoms with Crippen molar-refractivity contribution in [1.29, 1.82) is 0 Å². The number of amides is 1. The first-order chi connectivity index (χ1) is 8.99. The fraction of sp³-hybridized carbons (Fsp3) is 0.385. The molecule has 0 saturated carbocycles. The second-order valence-electron chi connectivity index (χ2n) is 4.02. The molecule has 1 aromatic rings. The van der Waals surface area contributed by atoms with E-state index in [4.69, 9.17) is 21.4 Å². The van der Waals surface area contributed by atoms with Gasteiger partial charge in [0.15, 0.2) is 6.10 Å². The first-order valence-corrected chi connectivity index (χ1v) is 6.22. The summed E-state index contributed by atoms with van der Waals surface area (Å²) >= 11 is 5.84. The van der Waals surface area contributed by atoms with Crippen molar-refractivity contribution in [3.8, 4) is 0 Å². The maximum atomic E-state index is 11.4. The first kappa shape index (κ1) is 15.5. The molecule has 1 amide bonds. The second-order valence-corrected chi connectivity index (χ2v) is 4.46. The molecule has 104 valence electrons. The van der Waals surface area contributed by atoms with Gasteiger partial charge >= 0.3 is 5.97 Å². The van der Waals surface area contributed by atoms with Crippen LogP contribution in [0.15, 0.2) is 24.3 Å². The smallest absolute Gasteiger partial charge is 0.332 e. The van der Waals surface area contributed by atoms with E-state index < -0.39 is 12.1 Å². The van der Waals surface area contributed by atoms with Gasteiger partial charge in [-0.3, -0.25) is 4.79 Å². The molecule has 1 rings (SSSR count). The molecular weight excluding hydrogens is 270 g/mol. The molecule has 19 heavy (non-hydrogen) atoms. The van der Waals surface area contributed by atoms with E-state index in [1.807, 2.05) is 18.2 Å². The Hall–Kier alpha value is -1.59. The number of carbonyl (C=O) groups is 2. The Morgan fingerprint density at radius 2 is 2.21 bits per heavy atom. The van der Waals surface area contributed by atoms with E-state index in [0.717, 1.165) is 5.56 Å². The number of carboxylic acid groups (broad SMARTS) is 1. The second kappa shape index (κ2) is 7.76. The molecule has 1 atom stereocenters. The van der Waals surface area contributed by atoms with E-state index in [0.29, 0.717) is 18.0 Å². The third kappa shape index (κ3) is 6.22. The fourth-order valence-corrected chi connectivity index (χ4v) is 1.57. The quantitative estimate of drug-likeness (QED) is 0.796. The Balaban J connectivity index is 2.22. The van der Waals surface area contributed by atoms with Crippen LogP contribution in [0.4, 0.5) is 0 Å². The lowest BCUT2D eigenvalue weighted by molar-refractivity contribution is -0.150. The molecule has 0 fully saturated rings. The number of rotatable bonds is 7. The molecule has 0 unspecified atom stereocenters. The summed E-state index contributed by atoms with van der Waals surface area (Å²) in [7, 11) is 0. The highest BCUT2D eigenvalue weighted by Crippen LogP contribution is 2.10. The molecule has 6 heteroatoms. The number of hydrogen-bond donors (Lipinski definition) is 2. The molecule has 1 aromatic carbocycles. The molecule has 0 bridgehead atoms. The van der Waals surface area contributed by atoms with Crippen LogP contribution < -0.4 is 5.32 Å². The van der Waals surface area contributed by atoms with Gasteiger partial charge in [0.05, 0.1) is 0 Å². The van der Waals surface area contributed by atoms with Gasteiger partial charge in [0.2, 0.25) is 5.91 Å². The molecule has 0 aromatic heterocycles. The Morgan fingerprint density at radius 1 is 1.47 bits per heavy atom. The number of aliphatic carboxylic acids is 1. The van der Waals surface area contributed by atoms with Crippen LogP contribution in [0.3, 0.4) is 0 Å². The van der Waals surface area contributed by atoms with Gasteiger partial charge in [0.1, 0.15) is 6.61 Å². The zero-order chi connectivity index (χ0) is 14.3. The summed E-state index contributed by atoms with van der Waals surface area (Å²) in [5.41, 5.74) is 1.02. The normalized spacial score (nSPS) is 11.9. The maximum absolute atomic E-state index is 11.4. The Morgan fingerprint density at radius 3 is 2.84 bits per heavy atom. The third-order valence-electron chi connectivity index (χ3n) is 2.44. The van der Waals surface area contributed by atoms with Crippen LogP contribution in [-0.2, 0) is 20.7 Å². The summed E-state index contributed by atoms with van der Waals surface area (Å²) in [4.78, 5) is 21.8. The first-order valence-electron chi connectivity index (χ1n) is 5.84. The minimum atomic E-state index is -1.09. The van der Waals surface area contributed by atoms with Crippen molar-refractivity contribution >= 4 is 23.5 Å². The Labute approximate surface area is 116 Å². The van der Waals surface area contributed by atoms with Gasteiger partial charge < -0.3 is 15.2 Å². The maximum Gasteiger partial charge on any atom is 0.332 e. The van der Waals surface area contributed by atoms with Gasteiger partial charge in [-0.1, -0.05) is 23.7 Å². The zero-order valence-electron chi connectivity index (χ0n) is 10.6. The average molecular weight is 286 g/mol. The summed E-state index contributed by atoms with van der Waals surface area (Å²) in [5.74, 6) is -1.43. The van der Waals surface area contributed by atoms with Crippen molar-refractivity contribution in [2.24, 2.45) is 0 Å². The number of ether oxygens (including phenoxy) is 1. The molecule has 0 radical (unpaired) electrons. The predicted molar refractivity (Wildman–Crippen MR) is 71.2 cm³/mol. The highest BCUT2D eigenvalue weighted by atomic mass is 35.5. The van der Waals surface area contributed by atoms with E-state index in [1.54, 1.807) is 6.07 Å². The molecule has 0 aliphatic rings. The topological polar surface area (TPSA) is 75.6 Å². The lowest BCUT2D eigenvalue weighted by Crippen LogP contribution is -2.32. The lowest BCUT2D eigenvalue weighted by Gasteiger charge is -2.09. The molecule has 0 spiro atoms. The largest absolute Gasteiger partial charge is 0.479 e. The minimum Gasteiger partial charge on any atom is -0.479 e. The van der Waals surface area contributed by atoms with Crippen LogP contribution >= 0.6 is 11.6 Å². The third-order valence-corrected chi connectivity index (χ3v) is 2.67. The van der Waals surface area contributed by atoms with Crippen LogP contribution in [-0.4, -0.2) is 36.2 Å². The van der Waals surface area contributed by atoms with Crippen molar-refractivity contribution in [2.75, 3.05) is 13.2 Å².